The smallest absolute Gasteiger partial charge is 0.262 e. The van der Waals surface area contributed by atoms with Crippen molar-refractivity contribution in [3.05, 3.63) is 53.5 Å². The number of carbonyl (C=O) groups excluding carboxylic acids is 2. The molecule has 8 nitrogen and oxygen atoms in total. The summed E-state index contributed by atoms with van der Waals surface area (Å²) in [7, 11) is 0. The van der Waals surface area contributed by atoms with E-state index in [1.807, 2.05) is 27.7 Å². The first-order valence-electron chi connectivity index (χ1n) is 10.2. The van der Waals surface area contributed by atoms with Gasteiger partial charge in [0.05, 0.1) is 21.5 Å². The number of benzene rings is 1. The largest absolute Gasteiger partial charge is 0.279 e. The van der Waals surface area contributed by atoms with Crippen molar-refractivity contribution in [1.29, 1.82) is 0 Å². The van der Waals surface area contributed by atoms with Crippen LogP contribution >= 0.6 is 23.2 Å². The lowest BCUT2D eigenvalue weighted by Gasteiger charge is -2.15. The zero-order chi connectivity index (χ0) is 24.1. The molecule has 3 rings (SSSR count). The van der Waals surface area contributed by atoms with Crippen molar-refractivity contribution in [3.8, 4) is 0 Å². The topological polar surface area (TPSA) is 112 Å². The first-order chi connectivity index (χ1) is 14.9. The summed E-state index contributed by atoms with van der Waals surface area (Å²) in [6.07, 6.45) is 0.349. The monoisotopic (exact) mass is 480 g/mol. The molecule has 10 heteroatoms. The van der Waals surface area contributed by atoms with Crippen LogP contribution in [-0.2, 0) is 9.59 Å². The van der Waals surface area contributed by atoms with Gasteiger partial charge in [-0.3, -0.25) is 37.9 Å². The summed E-state index contributed by atoms with van der Waals surface area (Å²) in [4.78, 5) is 75.9. The van der Waals surface area contributed by atoms with Crippen LogP contribution in [0.15, 0.2) is 31.3 Å². The van der Waals surface area contributed by atoms with E-state index in [0.717, 1.165) is 9.13 Å². The van der Waals surface area contributed by atoms with Gasteiger partial charge in [-0.15, -0.1) is 0 Å². The van der Waals surface area contributed by atoms with Crippen molar-refractivity contribution >= 4 is 55.2 Å². The maximum atomic E-state index is 13.0. The number of hydrogen-bond donors (Lipinski definition) is 0. The lowest BCUT2D eigenvalue weighted by molar-refractivity contribution is -0.115. The van der Waals surface area contributed by atoms with Crippen molar-refractivity contribution in [1.82, 2.24) is 9.13 Å². The predicted molar refractivity (Wildman–Crippen MR) is 124 cm³/mol. The van der Waals surface area contributed by atoms with Crippen LogP contribution in [0.4, 0.5) is 0 Å². The van der Waals surface area contributed by atoms with E-state index in [4.69, 9.17) is 23.2 Å². The molecule has 0 unspecified atom stereocenters. The summed E-state index contributed by atoms with van der Waals surface area (Å²) < 4.78 is 1.57. The molecular weight excluding hydrogens is 459 g/mol. The van der Waals surface area contributed by atoms with Gasteiger partial charge >= 0.3 is 0 Å². The second-order valence-electron chi connectivity index (χ2n) is 8.80. The number of aromatic nitrogens is 2. The number of fused-ring (bicyclic) bond motifs is 2. The second-order valence-corrected chi connectivity index (χ2v) is 9.55. The Labute approximate surface area is 192 Å². The van der Waals surface area contributed by atoms with Crippen LogP contribution in [0.3, 0.4) is 0 Å². The van der Waals surface area contributed by atoms with Crippen molar-refractivity contribution in [2.45, 2.75) is 52.6 Å². The summed E-state index contributed by atoms with van der Waals surface area (Å²) in [6, 6.07) is 0.0141. The molecule has 1 aromatic carbocycles. The fourth-order valence-corrected chi connectivity index (χ4v) is 4.44. The zero-order valence-electron chi connectivity index (χ0n) is 18.0. The standard InChI is InChI=1S/C22H22Cl2N2O6/c1-9(2)5-15(17(23)27)25-19(29)11-7-13-14(8-12(11)20(25)30)22(32)26(21(13)31)16(18(24)28)6-10(3)4/h7-10,15-16H,5-6H2,1-4H3/t15-,16-/m0/s1. The second kappa shape index (κ2) is 8.75. The molecule has 0 saturated heterocycles. The van der Waals surface area contributed by atoms with Crippen molar-refractivity contribution < 1.29 is 9.59 Å². The Morgan fingerprint density at radius 1 is 0.656 bits per heavy atom. The molecule has 32 heavy (non-hydrogen) atoms. The summed E-state index contributed by atoms with van der Waals surface area (Å²) in [6.45, 7) is 7.27. The molecule has 0 amide bonds. The molecule has 170 valence electrons. The number of rotatable bonds is 8. The van der Waals surface area contributed by atoms with Crippen LogP contribution in [0.25, 0.3) is 21.5 Å². The average molecular weight is 481 g/mol. The Morgan fingerprint density at radius 2 is 0.906 bits per heavy atom. The van der Waals surface area contributed by atoms with Crippen molar-refractivity contribution in [2.75, 3.05) is 0 Å². The predicted octanol–water partition coefficient (Wildman–Crippen LogP) is 2.62. The Hall–Kier alpha value is -2.58. The summed E-state index contributed by atoms with van der Waals surface area (Å²) in [5, 5.41) is -2.09. The molecule has 0 saturated carbocycles. The quantitative estimate of drug-likeness (QED) is 0.458. The van der Waals surface area contributed by atoms with Crippen LogP contribution in [-0.4, -0.2) is 19.6 Å². The Kier molecular flexibility index (Phi) is 6.58. The van der Waals surface area contributed by atoms with E-state index in [2.05, 4.69) is 0 Å². The van der Waals surface area contributed by atoms with Gasteiger partial charge in [0.2, 0.25) is 10.5 Å². The molecule has 2 atom stereocenters. The lowest BCUT2D eigenvalue weighted by atomic mass is 10.0. The highest BCUT2D eigenvalue weighted by molar-refractivity contribution is 6.64. The van der Waals surface area contributed by atoms with Gasteiger partial charge < -0.3 is 0 Å². The molecule has 3 aromatic rings. The van der Waals surface area contributed by atoms with Gasteiger partial charge in [-0.2, -0.15) is 0 Å². The van der Waals surface area contributed by atoms with E-state index in [0.29, 0.717) is 0 Å². The maximum absolute atomic E-state index is 13.0. The van der Waals surface area contributed by atoms with Crippen LogP contribution in [0.5, 0.6) is 0 Å². The normalized spacial score (nSPS) is 14.0. The number of carbonyl (C=O) groups is 2. The fourth-order valence-electron chi connectivity index (χ4n) is 4.07. The van der Waals surface area contributed by atoms with Crippen molar-refractivity contribution in [3.63, 3.8) is 0 Å². The number of hydrogen-bond acceptors (Lipinski definition) is 6. The van der Waals surface area contributed by atoms with Gasteiger partial charge in [-0.25, -0.2) is 0 Å². The fraction of sp³-hybridized carbons (Fsp3) is 0.455. The number of nitrogens with zero attached hydrogens (tertiary/aromatic N) is 2. The molecular formula is C22H22Cl2N2O6. The molecule has 2 aromatic heterocycles. The molecule has 2 heterocycles. The minimum absolute atomic E-state index is 0.0280. The molecule has 0 radical (unpaired) electrons. The van der Waals surface area contributed by atoms with Gasteiger partial charge in [-0.1, -0.05) is 27.7 Å². The van der Waals surface area contributed by atoms with E-state index in [9.17, 15) is 28.8 Å². The third-order valence-electron chi connectivity index (χ3n) is 5.49. The van der Waals surface area contributed by atoms with Crippen LogP contribution in [0.1, 0.15) is 52.6 Å². The van der Waals surface area contributed by atoms with Crippen molar-refractivity contribution in [2.24, 2.45) is 11.8 Å². The minimum Gasteiger partial charge on any atom is -0.279 e. The molecule has 0 spiro atoms. The molecule has 0 N–H and O–H groups in total. The van der Waals surface area contributed by atoms with E-state index < -0.39 is 44.8 Å². The third kappa shape index (κ3) is 3.97. The van der Waals surface area contributed by atoms with Gasteiger partial charge in [0, 0.05) is 0 Å². The van der Waals surface area contributed by atoms with E-state index >= 15 is 0 Å². The summed E-state index contributed by atoms with van der Waals surface area (Å²) in [5.74, 6) is -0.0561. The first kappa shape index (κ1) is 24.1. The van der Waals surface area contributed by atoms with E-state index in [1.54, 1.807) is 0 Å². The molecule has 0 aliphatic rings. The molecule has 0 bridgehead atoms. The Balaban J connectivity index is 2.35. The number of halogens is 2. The lowest BCUT2D eigenvalue weighted by Crippen LogP contribution is -2.34. The Bertz CT molecular complexity index is 1250. The van der Waals surface area contributed by atoms with Gasteiger partial charge in [0.25, 0.3) is 22.2 Å². The van der Waals surface area contributed by atoms with Gasteiger partial charge in [-0.05, 0) is 60.0 Å². The highest BCUT2D eigenvalue weighted by Crippen LogP contribution is 2.23. The van der Waals surface area contributed by atoms with E-state index in [-0.39, 0.29) is 46.2 Å². The van der Waals surface area contributed by atoms with Crippen LogP contribution in [0, 0.1) is 11.8 Å². The Morgan fingerprint density at radius 3 is 1.09 bits per heavy atom. The maximum Gasteiger partial charge on any atom is 0.262 e. The SMILES string of the molecule is CC(C)C[C@@H](C(=O)Cl)n1c(=O)c2cc3c(=O)n([C@@H](CC(C)C)C(=O)Cl)c(=O)c3cc2c1=O. The average Bonchev–Trinajstić information content (AvgIpc) is 3.07. The van der Waals surface area contributed by atoms with Gasteiger partial charge in [0.1, 0.15) is 12.1 Å². The third-order valence-corrected chi connectivity index (χ3v) is 5.99. The highest BCUT2D eigenvalue weighted by atomic mass is 35.5. The first-order valence-corrected chi connectivity index (χ1v) is 10.9. The highest BCUT2D eigenvalue weighted by Gasteiger charge is 2.30. The molecule has 0 aliphatic heterocycles. The molecule has 0 fully saturated rings. The summed E-state index contributed by atoms with van der Waals surface area (Å²) >= 11 is 11.3. The molecule has 0 aliphatic carbocycles. The van der Waals surface area contributed by atoms with Gasteiger partial charge in [0.15, 0.2) is 0 Å². The van der Waals surface area contributed by atoms with Crippen LogP contribution in [0.2, 0.25) is 0 Å². The minimum atomic E-state index is -1.16. The zero-order valence-corrected chi connectivity index (χ0v) is 19.5. The van der Waals surface area contributed by atoms with E-state index in [1.165, 1.54) is 12.1 Å². The van der Waals surface area contributed by atoms with Crippen LogP contribution < -0.4 is 22.2 Å². The summed E-state index contributed by atoms with van der Waals surface area (Å²) in [5.41, 5.74) is -3.06.